The normalized spacial score (nSPS) is 27.3. The first-order chi connectivity index (χ1) is 9.40. The molecule has 5 heteroatoms. The van der Waals surface area contributed by atoms with E-state index in [-0.39, 0.29) is 18.4 Å². The summed E-state index contributed by atoms with van der Waals surface area (Å²) in [7, 11) is 1.66. The van der Waals surface area contributed by atoms with Crippen molar-refractivity contribution in [1.29, 1.82) is 0 Å². The SMILES string of the molecule is CCNC(C(C)CCOC)C1CCCC(C(F)(F)F)C1. The van der Waals surface area contributed by atoms with E-state index in [1.807, 2.05) is 6.92 Å². The third-order valence-corrected chi connectivity index (χ3v) is 4.52. The predicted octanol–water partition coefficient (Wildman–Crippen LogP) is 4.01. The topological polar surface area (TPSA) is 21.3 Å². The van der Waals surface area contributed by atoms with Crippen LogP contribution in [0.4, 0.5) is 13.2 Å². The van der Waals surface area contributed by atoms with Crippen molar-refractivity contribution in [3.8, 4) is 0 Å². The van der Waals surface area contributed by atoms with Crippen LogP contribution in [0.25, 0.3) is 0 Å². The summed E-state index contributed by atoms with van der Waals surface area (Å²) < 4.78 is 43.9. The lowest BCUT2D eigenvalue weighted by Gasteiger charge is -2.38. The highest BCUT2D eigenvalue weighted by Gasteiger charge is 2.44. The van der Waals surface area contributed by atoms with Gasteiger partial charge in [0.2, 0.25) is 0 Å². The molecule has 0 spiro atoms. The second kappa shape index (κ2) is 8.23. The van der Waals surface area contributed by atoms with Crippen molar-refractivity contribution in [2.75, 3.05) is 20.3 Å². The maximum Gasteiger partial charge on any atom is 0.391 e. The summed E-state index contributed by atoms with van der Waals surface area (Å²) in [5, 5.41) is 3.41. The fourth-order valence-corrected chi connectivity index (χ4v) is 3.40. The Kier molecular flexibility index (Phi) is 7.30. The molecule has 1 saturated carbocycles. The highest BCUT2D eigenvalue weighted by Crippen LogP contribution is 2.42. The molecule has 20 heavy (non-hydrogen) atoms. The van der Waals surface area contributed by atoms with Crippen LogP contribution in [0.5, 0.6) is 0 Å². The third-order valence-electron chi connectivity index (χ3n) is 4.52. The van der Waals surface area contributed by atoms with E-state index in [0.717, 1.165) is 19.4 Å². The molecule has 1 aliphatic rings. The van der Waals surface area contributed by atoms with Crippen LogP contribution in [0.15, 0.2) is 0 Å². The van der Waals surface area contributed by atoms with Crippen molar-refractivity contribution < 1.29 is 17.9 Å². The average Bonchev–Trinajstić information content (AvgIpc) is 2.41. The summed E-state index contributed by atoms with van der Waals surface area (Å²) in [6.45, 7) is 5.59. The molecular weight excluding hydrogens is 267 g/mol. The summed E-state index contributed by atoms with van der Waals surface area (Å²) in [6, 6.07) is 0.167. The number of alkyl halides is 3. The van der Waals surface area contributed by atoms with Gasteiger partial charge in [0.15, 0.2) is 0 Å². The second-order valence-corrected chi connectivity index (χ2v) is 6.01. The van der Waals surface area contributed by atoms with E-state index in [2.05, 4.69) is 12.2 Å². The lowest BCUT2D eigenvalue weighted by atomic mass is 9.74. The maximum atomic E-state index is 12.9. The monoisotopic (exact) mass is 295 g/mol. The Bertz CT molecular complexity index is 270. The van der Waals surface area contributed by atoms with Crippen LogP contribution >= 0.6 is 0 Å². The summed E-state index contributed by atoms with van der Waals surface area (Å²) in [6.07, 6.45) is -0.981. The number of halogens is 3. The van der Waals surface area contributed by atoms with Crippen LogP contribution in [0.3, 0.4) is 0 Å². The second-order valence-electron chi connectivity index (χ2n) is 6.01. The number of hydrogen-bond donors (Lipinski definition) is 1. The van der Waals surface area contributed by atoms with Crippen molar-refractivity contribution in [3.05, 3.63) is 0 Å². The van der Waals surface area contributed by atoms with Crippen LogP contribution in [0, 0.1) is 17.8 Å². The highest BCUT2D eigenvalue weighted by molar-refractivity contribution is 4.87. The predicted molar refractivity (Wildman–Crippen MR) is 74.6 cm³/mol. The Morgan fingerprint density at radius 3 is 2.55 bits per heavy atom. The van der Waals surface area contributed by atoms with E-state index < -0.39 is 12.1 Å². The fourth-order valence-electron chi connectivity index (χ4n) is 3.40. The van der Waals surface area contributed by atoms with Crippen molar-refractivity contribution in [2.45, 2.75) is 58.2 Å². The first-order valence-corrected chi connectivity index (χ1v) is 7.69. The minimum absolute atomic E-state index is 0.127. The van der Waals surface area contributed by atoms with Crippen molar-refractivity contribution >= 4 is 0 Å². The number of ether oxygens (including phenoxy) is 1. The lowest BCUT2D eigenvalue weighted by Crippen LogP contribution is -2.45. The van der Waals surface area contributed by atoms with Gasteiger partial charge in [-0.15, -0.1) is 0 Å². The molecule has 0 aromatic heterocycles. The Morgan fingerprint density at radius 2 is 2.00 bits per heavy atom. The van der Waals surface area contributed by atoms with Crippen molar-refractivity contribution in [1.82, 2.24) is 5.32 Å². The molecule has 1 aliphatic carbocycles. The molecule has 0 saturated heterocycles. The molecule has 2 nitrogen and oxygen atoms in total. The maximum absolute atomic E-state index is 12.9. The van der Waals surface area contributed by atoms with Crippen LogP contribution in [-0.4, -0.2) is 32.5 Å². The van der Waals surface area contributed by atoms with Gasteiger partial charge in [-0.3, -0.25) is 0 Å². The minimum atomic E-state index is -4.04. The number of methoxy groups -OCH3 is 1. The molecule has 1 N–H and O–H groups in total. The fraction of sp³-hybridized carbons (Fsp3) is 1.00. The van der Waals surface area contributed by atoms with E-state index in [9.17, 15) is 13.2 Å². The van der Waals surface area contributed by atoms with Crippen molar-refractivity contribution in [2.24, 2.45) is 17.8 Å². The molecule has 0 bridgehead atoms. The van der Waals surface area contributed by atoms with E-state index in [4.69, 9.17) is 4.74 Å². The van der Waals surface area contributed by atoms with Gasteiger partial charge >= 0.3 is 6.18 Å². The molecule has 120 valence electrons. The first kappa shape index (κ1) is 17.8. The van der Waals surface area contributed by atoms with Crippen molar-refractivity contribution in [3.63, 3.8) is 0 Å². The Morgan fingerprint density at radius 1 is 1.30 bits per heavy atom. The molecule has 0 aromatic rings. The lowest BCUT2D eigenvalue weighted by molar-refractivity contribution is -0.187. The zero-order valence-electron chi connectivity index (χ0n) is 12.8. The van der Waals surface area contributed by atoms with E-state index in [0.29, 0.717) is 25.4 Å². The van der Waals surface area contributed by atoms with Gasteiger partial charge in [-0.05, 0) is 44.1 Å². The van der Waals surface area contributed by atoms with Gasteiger partial charge in [-0.2, -0.15) is 13.2 Å². The summed E-state index contributed by atoms with van der Waals surface area (Å²) in [5.41, 5.74) is 0. The molecule has 4 atom stereocenters. The molecule has 0 radical (unpaired) electrons. The number of rotatable bonds is 7. The number of hydrogen-bond acceptors (Lipinski definition) is 2. The van der Waals surface area contributed by atoms with Crippen LogP contribution in [-0.2, 0) is 4.74 Å². The van der Waals surface area contributed by atoms with E-state index in [1.165, 1.54) is 0 Å². The summed E-state index contributed by atoms with van der Waals surface area (Å²) in [4.78, 5) is 0. The molecule has 0 heterocycles. The van der Waals surface area contributed by atoms with Gasteiger partial charge in [-0.1, -0.05) is 20.3 Å². The molecule has 0 aromatic carbocycles. The van der Waals surface area contributed by atoms with Gasteiger partial charge in [0, 0.05) is 19.8 Å². The standard InChI is InChI=1S/C15H28F3NO/c1-4-19-14(11(2)8-9-20-3)12-6-5-7-13(10-12)15(16,17)18/h11-14,19H,4-10H2,1-3H3. The number of nitrogens with one attached hydrogen (secondary N) is 1. The van der Waals surface area contributed by atoms with Gasteiger partial charge in [0.05, 0.1) is 5.92 Å². The molecule has 0 amide bonds. The van der Waals surface area contributed by atoms with Gasteiger partial charge in [0.25, 0.3) is 0 Å². The Hall–Kier alpha value is -0.290. The van der Waals surface area contributed by atoms with Crippen LogP contribution in [0.2, 0.25) is 0 Å². The molecule has 1 fully saturated rings. The average molecular weight is 295 g/mol. The molecular formula is C15H28F3NO. The van der Waals surface area contributed by atoms with Gasteiger partial charge in [0.1, 0.15) is 0 Å². The minimum Gasteiger partial charge on any atom is -0.385 e. The highest BCUT2D eigenvalue weighted by atomic mass is 19.4. The zero-order valence-corrected chi connectivity index (χ0v) is 12.8. The smallest absolute Gasteiger partial charge is 0.385 e. The molecule has 1 rings (SSSR count). The Balaban J connectivity index is 2.65. The molecule has 0 aliphatic heterocycles. The van der Waals surface area contributed by atoms with Crippen LogP contribution in [0.1, 0.15) is 46.0 Å². The van der Waals surface area contributed by atoms with Crippen LogP contribution < -0.4 is 5.32 Å². The summed E-state index contributed by atoms with van der Waals surface area (Å²) >= 11 is 0. The zero-order chi connectivity index (χ0) is 15.2. The first-order valence-electron chi connectivity index (χ1n) is 7.69. The van der Waals surface area contributed by atoms with Gasteiger partial charge < -0.3 is 10.1 Å². The Labute approximate surface area is 120 Å². The largest absolute Gasteiger partial charge is 0.391 e. The summed E-state index contributed by atoms with van der Waals surface area (Å²) in [5.74, 6) is -0.647. The van der Waals surface area contributed by atoms with Gasteiger partial charge in [-0.25, -0.2) is 0 Å². The molecule has 4 unspecified atom stereocenters. The quantitative estimate of drug-likeness (QED) is 0.766. The third kappa shape index (κ3) is 5.24. The van der Waals surface area contributed by atoms with E-state index in [1.54, 1.807) is 7.11 Å². The van der Waals surface area contributed by atoms with E-state index >= 15 is 0 Å².